The van der Waals surface area contributed by atoms with Crippen LogP contribution in [0.25, 0.3) is 11.3 Å². The minimum atomic E-state index is -4.48. The van der Waals surface area contributed by atoms with E-state index in [2.05, 4.69) is 15.3 Å². The lowest BCUT2D eigenvalue weighted by molar-refractivity contribution is -0.137. The van der Waals surface area contributed by atoms with Crippen LogP contribution in [0.4, 0.5) is 17.6 Å². The van der Waals surface area contributed by atoms with Gasteiger partial charge in [-0.3, -0.25) is 9.20 Å². The van der Waals surface area contributed by atoms with Gasteiger partial charge in [0.05, 0.1) is 28.2 Å². The van der Waals surface area contributed by atoms with Crippen molar-refractivity contribution < 1.29 is 22.4 Å². The summed E-state index contributed by atoms with van der Waals surface area (Å²) in [6, 6.07) is 8.11. The number of aromatic nitrogens is 5. The summed E-state index contributed by atoms with van der Waals surface area (Å²) in [5.74, 6) is -0.435. The molecule has 5 rings (SSSR count). The fourth-order valence-electron chi connectivity index (χ4n) is 4.67. The van der Waals surface area contributed by atoms with Crippen molar-refractivity contribution in [3.05, 3.63) is 76.8 Å². The number of halogens is 4. The third-order valence-electron chi connectivity index (χ3n) is 6.41. The monoisotopic (exact) mass is 486 g/mol. The number of nitrogens with zero attached hydrogens (tertiary/aromatic N) is 6. The largest absolute Gasteiger partial charge is 0.417 e. The molecule has 1 aromatic carbocycles. The van der Waals surface area contributed by atoms with E-state index < -0.39 is 11.7 Å². The van der Waals surface area contributed by atoms with Gasteiger partial charge in [-0.1, -0.05) is 0 Å². The number of pyridine rings is 1. The molecule has 0 saturated carbocycles. The fraction of sp³-hybridized carbons (Fsp3) is 0.333. The molecule has 1 aliphatic rings. The van der Waals surface area contributed by atoms with Crippen LogP contribution >= 0.6 is 0 Å². The number of carbonyl (C=O) groups excluding carboxylic acids is 1. The molecule has 4 aromatic rings. The summed E-state index contributed by atoms with van der Waals surface area (Å²) in [6.07, 6.45) is -2.13. The quantitative estimate of drug-likeness (QED) is 0.394. The number of piperidine rings is 1. The maximum absolute atomic E-state index is 13.5. The van der Waals surface area contributed by atoms with Gasteiger partial charge < -0.3 is 4.90 Å². The van der Waals surface area contributed by atoms with Gasteiger partial charge in [-0.2, -0.15) is 18.3 Å². The van der Waals surface area contributed by atoms with Gasteiger partial charge in [0.15, 0.2) is 5.65 Å². The molecule has 0 spiro atoms. The second kappa shape index (κ2) is 8.47. The fourth-order valence-corrected chi connectivity index (χ4v) is 4.67. The van der Waals surface area contributed by atoms with E-state index in [1.54, 1.807) is 35.6 Å². The van der Waals surface area contributed by atoms with Crippen LogP contribution in [0, 0.1) is 19.7 Å². The topological polar surface area (TPSA) is 68.3 Å². The van der Waals surface area contributed by atoms with Crippen LogP contribution < -0.4 is 0 Å². The zero-order chi connectivity index (χ0) is 24.9. The molecular formula is C24H22F4N6O. The van der Waals surface area contributed by atoms with Crippen molar-refractivity contribution in [3.8, 4) is 5.69 Å². The molecule has 4 heterocycles. The highest BCUT2D eigenvalue weighted by molar-refractivity contribution is 5.96. The number of fused-ring (bicyclic) bond motifs is 1. The molecular weight excluding hydrogens is 464 g/mol. The minimum absolute atomic E-state index is 0.206. The second-order valence-electron chi connectivity index (χ2n) is 8.73. The number of rotatable bonds is 3. The zero-order valence-corrected chi connectivity index (χ0v) is 19.1. The molecule has 3 aromatic heterocycles. The van der Waals surface area contributed by atoms with Gasteiger partial charge >= 0.3 is 6.18 Å². The Hall–Kier alpha value is -3.76. The van der Waals surface area contributed by atoms with Crippen LogP contribution in [0.2, 0.25) is 0 Å². The summed E-state index contributed by atoms with van der Waals surface area (Å²) >= 11 is 0. The second-order valence-corrected chi connectivity index (χ2v) is 8.73. The Morgan fingerprint density at radius 1 is 1.06 bits per heavy atom. The number of benzene rings is 1. The molecule has 1 amide bonds. The van der Waals surface area contributed by atoms with Crippen molar-refractivity contribution in [3.63, 3.8) is 0 Å². The molecule has 0 radical (unpaired) electrons. The van der Waals surface area contributed by atoms with Gasteiger partial charge in [0.25, 0.3) is 5.91 Å². The first-order valence-electron chi connectivity index (χ1n) is 11.2. The lowest BCUT2D eigenvalue weighted by Crippen LogP contribution is -2.40. The molecule has 182 valence electrons. The summed E-state index contributed by atoms with van der Waals surface area (Å²) in [7, 11) is 0. The minimum Gasteiger partial charge on any atom is -0.338 e. The number of likely N-dealkylation sites (tertiary alicyclic amines) is 1. The summed E-state index contributed by atoms with van der Waals surface area (Å²) in [4.78, 5) is 15.2. The first-order chi connectivity index (χ1) is 16.6. The summed E-state index contributed by atoms with van der Waals surface area (Å²) in [5.41, 5.74) is 1.81. The molecule has 0 N–H and O–H groups in total. The highest BCUT2D eigenvalue weighted by atomic mass is 19.4. The standard InChI is InChI=1S/C24H22F4N6O/c1-14-21(15(2)34(31-14)19-8-6-18(25)7-9-19)23(35)32-11-3-4-16(12-32)22-30-29-20-10-5-17(13-33(20)22)24(26,27)28/h5-10,13,16H,3-4,11-12H2,1-2H3. The molecule has 1 aliphatic heterocycles. The predicted octanol–water partition coefficient (Wildman–Crippen LogP) is 4.71. The van der Waals surface area contributed by atoms with Gasteiger partial charge in [0.2, 0.25) is 0 Å². The Balaban J connectivity index is 1.43. The van der Waals surface area contributed by atoms with Crippen LogP contribution in [0.1, 0.15) is 51.9 Å². The van der Waals surface area contributed by atoms with Gasteiger partial charge in [-0.15, -0.1) is 10.2 Å². The Morgan fingerprint density at radius 3 is 2.51 bits per heavy atom. The average Bonchev–Trinajstić information content (AvgIpc) is 3.38. The summed E-state index contributed by atoms with van der Waals surface area (Å²) < 4.78 is 56.0. The number of amides is 1. The van der Waals surface area contributed by atoms with E-state index >= 15 is 0 Å². The van der Waals surface area contributed by atoms with Crippen molar-refractivity contribution >= 4 is 11.6 Å². The molecule has 11 heteroatoms. The Bertz CT molecular complexity index is 1410. The lowest BCUT2D eigenvalue weighted by atomic mass is 9.96. The van der Waals surface area contributed by atoms with Gasteiger partial charge in [-0.05, 0) is 63.1 Å². The highest BCUT2D eigenvalue weighted by Gasteiger charge is 2.34. The molecule has 1 unspecified atom stereocenters. The SMILES string of the molecule is Cc1nn(-c2ccc(F)cc2)c(C)c1C(=O)N1CCCC(c2nnc3ccc(C(F)(F)F)cn23)C1. The van der Waals surface area contributed by atoms with Crippen molar-refractivity contribution in [2.75, 3.05) is 13.1 Å². The molecule has 1 fully saturated rings. The number of carbonyl (C=O) groups is 1. The predicted molar refractivity (Wildman–Crippen MR) is 119 cm³/mol. The molecule has 1 atom stereocenters. The van der Waals surface area contributed by atoms with Crippen molar-refractivity contribution in [1.82, 2.24) is 29.3 Å². The van der Waals surface area contributed by atoms with E-state index in [4.69, 9.17) is 0 Å². The third kappa shape index (κ3) is 4.15. The van der Waals surface area contributed by atoms with E-state index in [-0.39, 0.29) is 17.6 Å². The van der Waals surface area contributed by atoms with Crippen LogP contribution in [0.15, 0.2) is 42.6 Å². The molecule has 0 aliphatic carbocycles. The Kier molecular flexibility index (Phi) is 5.57. The number of alkyl halides is 3. The first kappa shape index (κ1) is 23.0. The van der Waals surface area contributed by atoms with E-state index in [1.807, 2.05) is 0 Å². The molecule has 1 saturated heterocycles. The first-order valence-corrected chi connectivity index (χ1v) is 11.2. The number of aryl methyl sites for hydroxylation is 1. The third-order valence-corrected chi connectivity index (χ3v) is 6.41. The van der Waals surface area contributed by atoms with Crippen LogP contribution in [-0.2, 0) is 6.18 Å². The lowest BCUT2D eigenvalue weighted by Gasteiger charge is -2.32. The van der Waals surface area contributed by atoms with Crippen LogP contribution in [0.3, 0.4) is 0 Å². The van der Waals surface area contributed by atoms with Crippen molar-refractivity contribution in [2.45, 2.75) is 38.8 Å². The summed E-state index contributed by atoms with van der Waals surface area (Å²) in [6.45, 7) is 4.34. The van der Waals surface area contributed by atoms with E-state index in [0.717, 1.165) is 12.3 Å². The number of hydrogen-bond acceptors (Lipinski definition) is 4. The summed E-state index contributed by atoms with van der Waals surface area (Å²) in [5, 5.41) is 12.7. The zero-order valence-electron chi connectivity index (χ0n) is 19.1. The van der Waals surface area contributed by atoms with Crippen molar-refractivity contribution in [1.29, 1.82) is 0 Å². The maximum Gasteiger partial charge on any atom is 0.417 e. The maximum atomic E-state index is 13.5. The van der Waals surface area contributed by atoms with Gasteiger partial charge in [-0.25, -0.2) is 9.07 Å². The Labute approximate surface area is 198 Å². The molecule has 0 bridgehead atoms. The van der Waals surface area contributed by atoms with Crippen LogP contribution in [0.5, 0.6) is 0 Å². The Morgan fingerprint density at radius 2 is 1.80 bits per heavy atom. The van der Waals surface area contributed by atoms with E-state index in [1.165, 1.54) is 22.6 Å². The van der Waals surface area contributed by atoms with E-state index in [9.17, 15) is 22.4 Å². The highest BCUT2D eigenvalue weighted by Crippen LogP contribution is 2.32. The van der Waals surface area contributed by atoms with Gasteiger partial charge in [0.1, 0.15) is 11.6 Å². The van der Waals surface area contributed by atoms with Gasteiger partial charge in [0, 0.05) is 25.2 Å². The number of hydrogen-bond donors (Lipinski definition) is 0. The normalized spacial score (nSPS) is 16.7. The average molecular weight is 486 g/mol. The van der Waals surface area contributed by atoms with E-state index in [0.29, 0.717) is 60.0 Å². The molecule has 7 nitrogen and oxygen atoms in total. The van der Waals surface area contributed by atoms with Crippen LogP contribution in [-0.4, -0.2) is 48.3 Å². The molecule has 35 heavy (non-hydrogen) atoms. The smallest absolute Gasteiger partial charge is 0.338 e. The van der Waals surface area contributed by atoms with Crippen molar-refractivity contribution in [2.24, 2.45) is 0 Å².